The van der Waals surface area contributed by atoms with E-state index in [1.165, 1.54) is 0 Å². The summed E-state index contributed by atoms with van der Waals surface area (Å²) in [7, 11) is 0. The second-order valence-corrected chi connectivity index (χ2v) is 4.35. The van der Waals surface area contributed by atoms with Gasteiger partial charge < -0.3 is 0 Å². The van der Waals surface area contributed by atoms with Gasteiger partial charge >= 0.3 is 0 Å². The van der Waals surface area contributed by atoms with Crippen LogP contribution >= 0.6 is 0 Å². The summed E-state index contributed by atoms with van der Waals surface area (Å²) in [6.45, 7) is 4.46. The molecule has 0 aromatic heterocycles. The topological polar surface area (TPSA) is 17.1 Å². The van der Waals surface area contributed by atoms with E-state index in [-0.39, 0.29) is 5.92 Å². The van der Waals surface area contributed by atoms with Crippen molar-refractivity contribution in [2.75, 3.05) is 0 Å². The molecule has 72 valence electrons. The summed E-state index contributed by atoms with van der Waals surface area (Å²) in [6.07, 6.45) is 8.71. The molecule has 0 spiro atoms. The Bertz CT molecular complexity index is 222. The van der Waals surface area contributed by atoms with Gasteiger partial charge in [0, 0.05) is 18.8 Å². The van der Waals surface area contributed by atoms with E-state index in [1.807, 2.05) is 0 Å². The van der Waals surface area contributed by atoms with Crippen molar-refractivity contribution in [2.24, 2.45) is 17.8 Å². The summed E-state index contributed by atoms with van der Waals surface area (Å²) in [5.41, 5.74) is 0. The average Bonchev–Trinajstić information content (AvgIpc) is 2.08. The van der Waals surface area contributed by atoms with E-state index in [9.17, 15) is 4.79 Å². The third kappa shape index (κ3) is 2.59. The predicted molar refractivity (Wildman–Crippen MR) is 54.1 cm³/mol. The lowest BCUT2D eigenvalue weighted by atomic mass is 9.74. The van der Waals surface area contributed by atoms with E-state index >= 15 is 0 Å². The monoisotopic (exact) mass is 178 g/mol. The van der Waals surface area contributed by atoms with Gasteiger partial charge in [0.1, 0.15) is 5.78 Å². The second-order valence-electron chi connectivity index (χ2n) is 4.35. The molecule has 0 heterocycles. The minimum absolute atomic E-state index is 0.158. The first-order valence-electron chi connectivity index (χ1n) is 5.11. The van der Waals surface area contributed by atoms with Crippen molar-refractivity contribution in [1.82, 2.24) is 0 Å². The molecule has 0 aliphatic heterocycles. The van der Waals surface area contributed by atoms with Gasteiger partial charge in [-0.15, -0.1) is 12.3 Å². The SMILES string of the molecule is C#CCC1CC(C(C)C)CCC1=O. The van der Waals surface area contributed by atoms with Gasteiger partial charge in [-0.1, -0.05) is 13.8 Å². The van der Waals surface area contributed by atoms with Crippen molar-refractivity contribution in [3.8, 4) is 12.3 Å². The van der Waals surface area contributed by atoms with Crippen LogP contribution in [0.15, 0.2) is 0 Å². The molecule has 1 aliphatic carbocycles. The molecule has 1 saturated carbocycles. The van der Waals surface area contributed by atoms with Crippen molar-refractivity contribution < 1.29 is 4.79 Å². The Kier molecular flexibility index (Phi) is 3.54. The summed E-state index contributed by atoms with van der Waals surface area (Å²) in [5.74, 6) is 4.54. The molecule has 2 atom stereocenters. The highest BCUT2D eigenvalue weighted by Gasteiger charge is 2.29. The molecule has 1 rings (SSSR count). The molecule has 2 unspecified atom stereocenters. The van der Waals surface area contributed by atoms with E-state index in [0.717, 1.165) is 19.3 Å². The maximum absolute atomic E-state index is 11.5. The Morgan fingerprint density at radius 1 is 1.62 bits per heavy atom. The van der Waals surface area contributed by atoms with Gasteiger partial charge in [-0.05, 0) is 24.7 Å². The largest absolute Gasteiger partial charge is 0.299 e. The number of ketones is 1. The van der Waals surface area contributed by atoms with Crippen LogP contribution in [-0.2, 0) is 4.79 Å². The summed E-state index contributed by atoms with van der Waals surface area (Å²) < 4.78 is 0. The highest BCUT2D eigenvalue weighted by atomic mass is 16.1. The lowest BCUT2D eigenvalue weighted by Crippen LogP contribution is -2.27. The van der Waals surface area contributed by atoms with Crippen molar-refractivity contribution >= 4 is 5.78 Å². The van der Waals surface area contributed by atoms with Gasteiger partial charge in [0.05, 0.1) is 0 Å². The first-order valence-corrected chi connectivity index (χ1v) is 5.11. The molecule has 0 saturated heterocycles. The Morgan fingerprint density at radius 3 is 2.85 bits per heavy atom. The van der Waals surface area contributed by atoms with Gasteiger partial charge in [-0.25, -0.2) is 0 Å². The standard InChI is InChI=1S/C12H18O/c1-4-5-11-8-10(9(2)3)6-7-12(11)13/h1,9-11H,5-8H2,2-3H3. The van der Waals surface area contributed by atoms with Gasteiger partial charge in [0.25, 0.3) is 0 Å². The normalized spacial score (nSPS) is 28.9. The van der Waals surface area contributed by atoms with Crippen LogP contribution in [-0.4, -0.2) is 5.78 Å². The van der Waals surface area contributed by atoms with Crippen LogP contribution < -0.4 is 0 Å². The molecule has 1 fully saturated rings. The smallest absolute Gasteiger partial charge is 0.136 e. The van der Waals surface area contributed by atoms with Crippen molar-refractivity contribution in [3.63, 3.8) is 0 Å². The fourth-order valence-corrected chi connectivity index (χ4v) is 2.09. The summed E-state index contributed by atoms with van der Waals surface area (Å²) >= 11 is 0. The number of hydrogen-bond donors (Lipinski definition) is 0. The Morgan fingerprint density at radius 2 is 2.31 bits per heavy atom. The van der Waals surface area contributed by atoms with Crippen LogP contribution in [0.5, 0.6) is 0 Å². The third-order valence-corrected chi connectivity index (χ3v) is 3.11. The highest BCUT2D eigenvalue weighted by Crippen LogP contribution is 2.32. The van der Waals surface area contributed by atoms with Crippen molar-refractivity contribution in [2.45, 2.75) is 39.5 Å². The number of carbonyl (C=O) groups excluding carboxylic acids is 1. The molecule has 0 aromatic carbocycles. The first kappa shape index (κ1) is 10.3. The molecule has 0 aromatic rings. The fourth-order valence-electron chi connectivity index (χ4n) is 2.09. The second kappa shape index (κ2) is 4.46. The number of Topliss-reactive ketones (excluding diaryl/α,β-unsaturated/α-hetero) is 1. The quantitative estimate of drug-likeness (QED) is 0.594. The molecule has 13 heavy (non-hydrogen) atoms. The molecule has 0 N–H and O–H groups in total. The zero-order chi connectivity index (χ0) is 9.84. The van der Waals surface area contributed by atoms with Crippen LogP contribution in [0, 0.1) is 30.1 Å². The third-order valence-electron chi connectivity index (χ3n) is 3.11. The van der Waals surface area contributed by atoms with Crippen LogP contribution in [0.4, 0.5) is 0 Å². The maximum atomic E-state index is 11.5. The Labute approximate surface area is 80.9 Å². The number of carbonyl (C=O) groups is 1. The van der Waals surface area contributed by atoms with Crippen LogP contribution in [0.2, 0.25) is 0 Å². The predicted octanol–water partition coefficient (Wildman–Crippen LogP) is 2.65. The van der Waals surface area contributed by atoms with E-state index in [4.69, 9.17) is 6.42 Å². The zero-order valence-corrected chi connectivity index (χ0v) is 8.55. The van der Waals surface area contributed by atoms with Crippen molar-refractivity contribution in [1.29, 1.82) is 0 Å². The lowest BCUT2D eigenvalue weighted by Gasteiger charge is -2.29. The molecule has 0 amide bonds. The average molecular weight is 178 g/mol. The molecule has 0 bridgehead atoms. The fraction of sp³-hybridized carbons (Fsp3) is 0.750. The number of terminal acetylenes is 1. The summed E-state index contributed by atoms with van der Waals surface area (Å²) in [6, 6.07) is 0. The van der Waals surface area contributed by atoms with Crippen LogP contribution in [0.3, 0.4) is 0 Å². The molecular formula is C12H18O. The molecule has 0 radical (unpaired) electrons. The zero-order valence-electron chi connectivity index (χ0n) is 8.55. The number of rotatable bonds is 2. The molecule has 1 nitrogen and oxygen atoms in total. The van der Waals surface area contributed by atoms with Gasteiger partial charge in [-0.2, -0.15) is 0 Å². The Balaban J connectivity index is 2.53. The van der Waals surface area contributed by atoms with Gasteiger partial charge in [-0.3, -0.25) is 4.79 Å². The van der Waals surface area contributed by atoms with E-state index in [2.05, 4.69) is 19.8 Å². The summed E-state index contributed by atoms with van der Waals surface area (Å²) in [5, 5.41) is 0. The molecule has 1 heteroatoms. The van der Waals surface area contributed by atoms with Crippen molar-refractivity contribution in [3.05, 3.63) is 0 Å². The highest BCUT2D eigenvalue weighted by molar-refractivity contribution is 5.82. The van der Waals surface area contributed by atoms with Gasteiger partial charge in [0.2, 0.25) is 0 Å². The Hall–Kier alpha value is -0.770. The van der Waals surface area contributed by atoms with E-state index in [0.29, 0.717) is 24.0 Å². The first-order chi connectivity index (χ1) is 6.15. The maximum Gasteiger partial charge on any atom is 0.136 e. The van der Waals surface area contributed by atoms with E-state index in [1.54, 1.807) is 0 Å². The van der Waals surface area contributed by atoms with Crippen LogP contribution in [0.25, 0.3) is 0 Å². The van der Waals surface area contributed by atoms with Crippen LogP contribution in [0.1, 0.15) is 39.5 Å². The minimum Gasteiger partial charge on any atom is -0.299 e. The lowest BCUT2D eigenvalue weighted by molar-refractivity contribution is -0.125. The van der Waals surface area contributed by atoms with Gasteiger partial charge in [0.15, 0.2) is 0 Å². The minimum atomic E-state index is 0.158. The number of hydrogen-bond acceptors (Lipinski definition) is 1. The molecular weight excluding hydrogens is 160 g/mol. The van der Waals surface area contributed by atoms with E-state index < -0.39 is 0 Å². The molecule has 1 aliphatic rings. The summed E-state index contributed by atoms with van der Waals surface area (Å²) in [4.78, 5) is 11.5.